The second kappa shape index (κ2) is 5.39. The molecule has 0 aliphatic heterocycles. The number of aryl methyl sites for hydroxylation is 1. The molecule has 0 atom stereocenters. The predicted molar refractivity (Wildman–Crippen MR) is 92.1 cm³/mol. The first-order chi connectivity index (χ1) is 10.7. The lowest BCUT2D eigenvalue weighted by Crippen LogP contribution is -2.06. The molecule has 1 aliphatic rings. The average Bonchev–Trinajstić information content (AvgIpc) is 3.09. The molecule has 2 N–H and O–H groups in total. The average molecular weight is 312 g/mol. The zero-order valence-corrected chi connectivity index (χ0v) is 13.6. The van der Waals surface area contributed by atoms with Crippen LogP contribution in [0.5, 0.6) is 0 Å². The van der Waals surface area contributed by atoms with Crippen molar-refractivity contribution in [2.24, 2.45) is 7.05 Å². The number of nitrogens with zero attached hydrogens (tertiary/aromatic N) is 3. The van der Waals surface area contributed by atoms with Crippen LogP contribution in [0.15, 0.2) is 24.3 Å². The number of rotatable bonds is 2. The van der Waals surface area contributed by atoms with Crippen molar-refractivity contribution in [3.05, 3.63) is 30.0 Å². The van der Waals surface area contributed by atoms with Gasteiger partial charge < -0.3 is 5.73 Å². The fourth-order valence-corrected chi connectivity index (χ4v) is 4.45. The molecule has 0 spiro atoms. The van der Waals surface area contributed by atoms with Crippen LogP contribution in [-0.2, 0) is 7.05 Å². The third-order valence-corrected chi connectivity index (χ3v) is 5.67. The lowest BCUT2D eigenvalue weighted by molar-refractivity contribution is 0.434. The number of anilines is 1. The van der Waals surface area contributed by atoms with E-state index in [1.165, 1.54) is 36.8 Å². The van der Waals surface area contributed by atoms with Gasteiger partial charge in [-0.25, -0.2) is 4.98 Å². The van der Waals surface area contributed by atoms with Gasteiger partial charge in [-0.1, -0.05) is 31.4 Å². The Kier molecular flexibility index (Phi) is 3.37. The van der Waals surface area contributed by atoms with Gasteiger partial charge in [-0.05, 0) is 25.0 Å². The van der Waals surface area contributed by atoms with E-state index in [0.717, 1.165) is 27.6 Å². The van der Waals surface area contributed by atoms with Crippen LogP contribution in [0.3, 0.4) is 0 Å². The molecule has 3 aromatic rings. The molecule has 1 aromatic carbocycles. The minimum absolute atomic E-state index is 0.527. The summed E-state index contributed by atoms with van der Waals surface area (Å²) in [6, 6.07) is 8.25. The summed E-state index contributed by atoms with van der Waals surface area (Å²) >= 11 is 1.71. The van der Waals surface area contributed by atoms with Gasteiger partial charge in [-0.15, -0.1) is 11.3 Å². The molecule has 4 rings (SSSR count). The van der Waals surface area contributed by atoms with Gasteiger partial charge in [0.25, 0.3) is 0 Å². The molecule has 1 fully saturated rings. The monoisotopic (exact) mass is 312 g/mol. The van der Waals surface area contributed by atoms with E-state index in [1.807, 2.05) is 17.8 Å². The summed E-state index contributed by atoms with van der Waals surface area (Å²) in [7, 11) is 1.93. The third-order valence-electron chi connectivity index (χ3n) is 4.62. The molecule has 4 nitrogen and oxygen atoms in total. The fourth-order valence-electron chi connectivity index (χ4n) is 3.42. The Hall–Kier alpha value is -1.88. The van der Waals surface area contributed by atoms with Crippen LogP contribution < -0.4 is 5.73 Å². The topological polar surface area (TPSA) is 56.7 Å². The highest BCUT2D eigenvalue weighted by Gasteiger charge is 2.26. The van der Waals surface area contributed by atoms with E-state index in [4.69, 9.17) is 15.8 Å². The lowest BCUT2D eigenvalue weighted by Gasteiger charge is -2.20. The minimum Gasteiger partial charge on any atom is -0.383 e. The third kappa shape index (κ3) is 2.20. The zero-order valence-electron chi connectivity index (χ0n) is 12.7. The predicted octanol–water partition coefficient (Wildman–Crippen LogP) is 4.33. The molecule has 2 heterocycles. The van der Waals surface area contributed by atoms with Crippen molar-refractivity contribution in [3.63, 3.8) is 0 Å². The van der Waals surface area contributed by atoms with E-state index in [9.17, 15) is 0 Å². The van der Waals surface area contributed by atoms with Crippen molar-refractivity contribution in [1.82, 2.24) is 14.8 Å². The second-order valence-electron chi connectivity index (χ2n) is 6.09. The van der Waals surface area contributed by atoms with Crippen LogP contribution in [0.2, 0.25) is 0 Å². The van der Waals surface area contributed by atoms with Gasteiger partial charge in [-0.3, -0.25) is 4.68 Å². The molecule has 0 bridgehead atoms. The maximum atomic E-state index is 6.33. The van der Waals surface area contributed by atoms with Crippen LogP contribution in [0.4, 0.5) is 5.82 Å². The minimum atomic E-state index is 0.527. The molecule has 0 amide bonds. The van der Waals surface area contributed by atoms with Crippen LogP contribution in [0.25, 0.3) is 20.8 Å². The quantitative estimate of drug-likeness (QED) is 0.766. The number of hydrogen-bond acceptors (Lipinski definition) is 4. The Bertz CT molecular complexity index is 778. The summed E-state index contributed by atoms with van der Waals surface area (Å²) in [6.45, 7) is 0. The number of fused-ring (bicyclic) bond motifs is 1. The van der Waals surface area contributed by atoms with Crippen LogP contribution >= 0.6 is 11.3 Å². The van der Waals surface area contributed by atoms with Gasteiger partial charge in [0.15, 0.2) is 0 Å². The summed E-state index contributed by atoms with van der Waals surface area (Å²) in [4.78, 5) is 4.80. The van der Waals surface area contributed by atoms with Gasteiger partial charge in [0.05, 0.1) is 21.5 Å². The maximum Gasteiger partial charge on any atom is 0.132 e. The molecule has 0 unspecified atom stereocenters. The second-order valence-corrected chi connectivity index (χ2v) is 7.12. The molecule has 0 saturated heterocycles. The van der Waals surface area contributed by atoms with Gasteiger partial charge >= 0.3 is 0 Å². The molecule has 2 aromatic heterocycles. The fraction of sp³-hybridized carbons (Fsp3) is 0.412. The molecule has 114 valence electrons. The molecular formula is C17H20N4S. The number of aromatic nitrogens is 3. The smallest absolute Gasteiger partial charge is 0.132 e. The molecule has 5 heteroatoms. The largest absolute Gasteiger partial charge is 0.383 e. The summed E-state index contributed by atoms with van der Waals surface area (Å²) in [5.74, 6) is 1.26. The Morgan fingerprint density at radius 3 is 2.73 bits per heavy atom. The highest BCUT2D eigenvalue weighted by Crippen LogP contribution is 2.42. The molecule has 22 heavy (non-hydrogen) atoms. The summed E-state index contributed by atoms with van der Waals surface area (Å²) in [5, 5.41) is 5.75. The van der Waals surface area contributed by atoms with E-state index < -0.39 is 0 Å². The first kappa shape index (κ1) is 13.8. The van der Waals surface area contributed by atoms with Crippen LogP contribution in [0.1, 0.15) is 43.7 Å². The van der Waals surface area contributed by atoms with Gasteiger partial charge in [0, 0.05) is 13.0 Å². The Balaban J connectivity index is 1.85. The Labute approximate surface area is 134 Å². The van der Waals surface area contributed by atoms with Gasteiger partial charge in [0.1, 0.15) is 10.8 Å². The molecule has 1 saturated carbocycles. The van der Waals surface area contributed by atoms with Crippen molar-refractivity contribution < 1.29 is 0 Å². The van der Waals surface area contributed by atoms with E-state index in [2.05, 4.69) is 18.2 Å². The molecule has 0 radical (unpaired) electrons. The normalized spacial score (nSPS) is 16.4. The van der Waals surface area contributed by atoms with Gasteiger partial charge in [-0.2, -0.15) is 5.10 Å². The van der Waals surface area contributed by atoms with E-state index in [1.54, 1.807) is 11.3 Å². The maximum absolute atomic E-state index is 6.33. The van der Waals surface area contributed by atoms with Crippen molar-refractivity contribution in [2.75, 3.05) is 5.73 Å². The van der Waals surface area contributed by atoms with Crippen molar-refractivity contribution in [1.29, 1.82) is 0 Å². The molecular weight excluding hydrogens is 292 g/mol. The first-order valence-corrected chi connectivity index (χ1v) is 8.74. The number of benzene rings is 1. The van der Waals surface area contributed by atoms with Gasteiger partial charge in [0.2, 0.25) is 0 Å². The SMILES string of the molecule is Cn1nc(C2CCCCC2)c(-c2nc3ccccc3s2)c1N. The molecule has 1 aliphatic carbocycles. The Morgan fingerprint density at radius 1 is 1.18 bits per heavy atom. The summed E-state index contributed by atoms with van der Waals surface area (Å²) in [5.41, 5.74) is 9.59. The summed E-state index contributed by atoms with van der Waals surface area (Å²) in [6.07, 6.45) is 6.36. The van der Waals surface area contributed by atoms with E-state index >= 15 is 0 Å². The lowest BCUT2D eigenvalue weighted by atomic mass is 9.85. The Morgan fingerprint density at radius 2 is 1.95 bits per heavy atom. The van der Waals surface area contributed by atoms with Crippen molar-refractivity contribution >= 4 is 27.4 Å². The van der Waals surface area contributed by atoms with E-state index in [0.29, 0.717) is 5.92 Å². The number of hydrogen-bond donors (Lipinski definition) is 1. The highest BCUT2D eigenvalue weighted by molar-refractivity contribution is 7.21. The standard InChI is InChI=1S/C17H20N4S/c1-21-16(18)14(15(20-21)11-7-3-2-4-8-11)17-19-12-9-5-6-10-13(12)22-17/h5-6,9-11H,2-4,7-8,18H2,1H3. The van der Waals surface area contributed by atoms with Crippen molar-refractivity contribution in [3.8, 4) is 10.6 Å². The number of nitrogen functional groups attached to an aromatic ring is 1. The van der Waals surface area contributed by atoms with E-state index in [-0.39, 0.29) is 0 Å². The number of nitrogens with two attached hydrogens (primary N) is 1. The zero-order chi connectivity index (χ0) is 15.1. The summed E-state index contributed by atoms with van der Waals surface area (Å²) < 4.78 is 3.01. The van der Waals surface area contributed by atoms with Crippen LogP contribution in [0, 0.1) is 0 Å². The number of para-hydroxylation sites is 1. The van der Waals surface area contributed by atoms with Crippen LogP contribution in [-0.4, -0.2) is 14.8 Å². The van der Waals surface area contributed by atoms with Crippen molar-refractivity contribution in [2.45, 2.75) is 38.0 Å². The first-order valence-electron chi connectivity index (χ1n) is 7.92. The number of thiazole rings is 1. The highest BCUT2D eigenvalue weighted by atomic mass is 32.1.